The Balaban J connectivity index is 0.823. The van der Waals surface area contributed by atoms with Crippen LogP contribution in [-0.2, 0) is 15.9 Å². The first-order valence-corrected chi connectivity index (χ1v) is 19.8. The molecule has 0 spiro atoms. The summed E-state index contributed by atoms with van der Waals surface area (Å²) in [5.74, 6) is 0.681. The number of nitrogens with zero attached hydrogens (tertiary/aromatic N) is 1. The summed E-state index contributed by atoms with van der Waals surface area (Å²) in [5.41, 5.74) is 3.90. The van der Waals surface area contributed by atoms with Crippen LogP contribution in [0.4, 0.5) is 4.79 Å². The molecule has 5 N–H and O–H groups in total. The molecule has 3 aliphatic heterocycles. The van der Waals surface area contributed by atoms with Crippen LogP contribution in [0.2, 0.25) is 0 Å². The summed E-state index contributed by atoms with van der Waals surface area (Å²) in [6, 6.07) is 30.6. The van der Waals surface area contributed by atoms with E-state index in [1.807, 2.05) is 66.7 Å². The van der Waals surface area contributed by atoms with Gasteiger partial charge < -0.3 is 40.0 Å². The molecule has 12 heteroatoms. The van der Waals surface area contributed by atoms with E-state index in [0.29, 0.717) is 59.7 Å². The van der Waals surface area contributed by atoms with Crippen LogP contribution in [0.1, 0.15) is 70.4 Å². The van der Waals surface area contributed by atoms with Crippen LogP contribution >= 0.6 is 0 Å². The number of aromatic nitrogens is 1. The van der Waals surface area contributed by atoms with Crippen molar-refractivity contribution in [3.05, 3.63) is 141 Å². The number of carbonyl (C=O) groups excluding carboxylic acids is 2. The molecule has 1 aromatic heterocycles. The van der Waals surface area contributed by atoms with Crippen molar-refractivity contribution in [2.45, 2.75) is 50.4 Å². The number of hydrogen-bond acceptors (Lipinski definition) is 10. The number of hydrogen-bond donors (Lipinski definition) is 5. The average molecular weight is 775 g/mol. The van der Waals surface area contributed by atoms with E-state index < -0.39 is 18.2 Å². The number of H-pyrrole nitrogens is 1. The molecule has 8 rings (SSSR count). The Morgan fingerprint density at radius 3 is 2.44 bits per heavy atom. The van der Waals surface area contributed by atoms with E-state index in [2.05, 4.69) is 20.5 Å². The smallest absolute Gasteiger partial charge is 0.408 e. The Bertz CT molecular complexity index is 2170. The second kappa shape index (κ2) is 19.0. The Kier molecular flexibility index (Phi) is 13.2. The van der Waals surface area contributed by atoms with E-state index in [1.165, 1.54) is 12.1 Å². The highest BCUT2D eigenvalue weighted by atomic mass is 16.6. The van der Waals surface area contributed by atoms with E-state index in [0.717, 1.165) is 55.6 Å². The van der Waals surface area contributed by atoms with Gasteiger partial charge in [-0.1, -0.05) is 60.7 Å². The van der Waals surface area contributed by atoms with E-state index in [-0.39, 0.29) is 36.5 Å². The number of benzene rings is 4. The molecule has 3 fully saturated rings. The van der Waals surface area contributed by atoms with Crippen LogP contribution in [0.3, 0.4) is 0 Å². The van der Waals surface area contributed by atoms with Crippen LogP contribution in [0, 0.1) is 5.92 Å². The van der Waals surface area contributed by atoms with Gasteiger partial charge in [-0.05, 0) is 110 Å². The van der Waals surface area contributed by atoms with Crippen molar-refractivity contribution < 1.29 is 34.0 Å². The van der Waals surface area contributed by atoms with Crippen molar-refractivity contribution in [1.82, 2.24) is 20.5 Å². The third-order valence-electron chi connectivity index (χ3n) is 10.9. The van der Waals surface area contributed by atoms with Crippen molar-refractivity contribution >= 4 is 23.0 Å². The molecule has 0 radical (unpaired) electrons. The van der Waals surface area contributed by atoms with E-state index in [1.54, 1.807) is 24.3 Å². The van der Waals surface area contributed by atoms with Gasteiger partial charge in [0, 0.05) is 31.0 Å². The summed E-state index contributed by atoms with van der Waals surface area (Å²) in [5, 5.41) is 27.7. The number of unbranched alkanes of at least 4 members (excludes halogenated alkanes) is 1. The number of amides is 1. The molecule has 4 aromatic carbocycles. The van der Waals surface area contributed by atoms with Crippen LogP contribution in [-0.4, -0.2) is 84.2 Å². The number of rotatable bonds is 17. The summed E-state index contributed by atoms with van der Waals surface area (Å²) in [4.78, 5) is 42.5. The number of pyridine rings is 1. The van der Waals surface area contributed by atoms with Gasteiger partial charge in [-0.15, -0.1) is 0 Å². The lowest BCUT2D eigenvalue weighted by molar-refractivity contribution is -0.0336. The van der Waals surface area contributed by atoms with E-state index in [4.69, 9.17) is 14.2 Å². The van der Waals surface area contributed by atoms with Gasteiger partial charge in [0.1, 0.15) is 17.6 Å². The number of aliphatic hydroxyl groups is 1. The SMILES string of the molecule is O=C(NC(c1ccccc1)c1cccc(OCCc2ccc(C(=O)OCCCCNCC(O)c3ccc(O)c4[nH]c(=O)ccc34)cc2)c1)OC1CN2CCC1CC2. The molecule has 5 aromatic rings. The van der Waals surface area contributed by atoms with Gasteiger partial charge in [0.15, 0.2) is 0 Å². The Morgan fingerprint density at radius 2 is 1.67 bits per heavy atom. The highest BCUT2D eigenvalue weighted by molar-refractivity contribution is 5.89. The fourth-order valence-corrected chi connectivity index (χ4v) is 7.71. The molecular formula is C45H50N4O8. The zero-order valence-electron chi connectivity index (χ0n) is 31.9. The molecule has 0 saturated carbocycles. The topological polar surface area (TPSA) is 162 Å². The Labute approximate surface area is 331 Å². The molecule has 4 heterocycles. The van der Waals surface area contributed by atoms with Crippen molar-refractivity contribution in [2.24, 2.45) is 5.92 Å². The third kappa shape index (κ3) is 10.4. The quantitative estimate of drug-likeness (QED) is 0.0558. The summed E-state index contributed by atoms with van der Waals surface area (Å²) >= 11 is 0. The van der Waals surface area contributed by atoms with Gasteiger partial charge >= 0.3 is 12.1 Å². The van der Waals surface area contributed by atoms with E-state index in [9.17, 15) is 24.6 Å². The lowest BCUT2D eigenvalue weighted by atomic mass is 9.86. The maximum atomic E-state index is 13.2. The number of nitrogens with one attached hydrogen (secondary N) is 3. The molecule has 3 saturated heterocycles. The number of aromatic hydroxyl groups is 1. The number of alkyl carbamates (subject to hydrolysis) is 1. The minimum Gasteiger partial charge on any atom is -0.506 e. The number of aliphatic hydroxyl groups excluding tert-OH is 1. The molecule has 0 aliphatic carbocycles. The standard InChI is InChI=1S/C45H50N4O8/c50-38-17-15-36(37-16-18-41(52)47-43(37)38)39(51)28-46-22-4-5-25-56-44(53)33-13-11-30(12-14-33)21-26-55-35-10-6-9-34(27-35)42(32-7-2-1-3-8-32)48-45(54)57-40-29-49-23-19-31(40)20-24-49/h1-3,6-18,27,31,39-40,42,46,50-51H,4-5,19-26,28-29H2,(H,47,52)(H,48,54). The third-order valence-corrected chi connectivity index (χ3v) is 10.9. The number of piperidine rings is 3. The fraction of sp³-hybridized carbons (Fsp3) is 0.356. The van der Waals surface area contributed by atoms with Gasteiger partial charge in [0.25, 0.3) is 0 Å². The highest BCUT2D eigenvalue weighted by Crippen LogP contribution is 2.31. The Hall–Kier alpha value is -5.69. The highest BCUT2D eigenvalue weighted by Gasteiger charge is 2.37. The van der Waals surface area contributed by atoms with Crippen molar-refractivity contribution in [2.75, 3.05) is 45.9 Å². The monoisotopic (exact) mass is 774 g/mol. The van der Waals surface area contributed by atoms with Crippen molar-refractivity contribution in [1.29, 1.82) is 0 Å². The van der Waals surface area contributed by atoms with Crippen LogP contribution in [0.25, 0.3) is 10.9 Å². The van der Waals surface area contributed by atoms with Crippen LogP contribution in [0.15, 0.2) is 108 Å². The second-order valence-electron chi connectivity index (χ2n) is 14.8. The lowest BCUT2D eigenvalue weighted by Crippen LogP contribution is -2.52. The zero-order chi connectivity index (χ0) is 39.6. The Morgan fingerprint density at radius 1 is 0.877 bits per heavy atom. The zero-order valence-corrected chi connectivity index (χ0v) is 31.9. The van der Waals surface area contributed by atoms with Crippen molar-refractivity contribution in [3.63, 3.8) is 0 Å². The predicted molar refractivity (Wildman–Crippen MR) is 217 cm³/mol. The molecule has 298 valence electrons. The fourth-order valence-electron chi connectivity index (χ4n) is 7.71. The maximum absolute atomic E-state index is 13.2. The van der Waals surface area contributed by atoms with Gasteiger partial charge in [0.05, 0.1) is 36.4 Å². The largest absolute Gasteiger partial charge is 0.506 e. The van der Waals surface area contributed by atoms with Crippen molar-refractivity contribution in [3.8, 4) is 11.5 Å². The van der Waals surface area contributed by atoms with Crippen LogP contribution in [0.5, 0.6) is 11.5 Å². The number of aromatic amines is 1. The first-order chi connectivity index (χ1) is 27.8. The predicted octanol–water partition coefficient (Wildman–Crippen LogP) is 6.03. The van der Waals surface area contributed by atoms with Gasteiger partial charge in [-0.2, -0.15) is 0 Å². The number of ether oxygens (including phenoxy) is 3. The van der Waals surface area contributed by atoms with E-state index >= 15 is 0 Å². The first kappa shape index (κ1) is 39.5. The molecule has 57 heavy (non-hydrogen) atoms. The average Bonchev–Trinajstić information content (AvgIpc) is 3.23. The van der Waals surface area contributed by atoms with Gasteiger partial charge in [-0.3, -0.25) is 9.69 Å². The van der Waals surface area contributed by atoms with Gasteiger partial charge in [-0.25, -0.2) is 9.59 Å². The molecule has 3 atom stereocenters. The molecule has 3 aliphatic rings. The molecule has 1 amide bonds. The number of phenolic OH excluding ortho intramolecular Hbond substituents is 1. The van der Waals surface area contributed by atoms with Crippen LogP contribution < -0.4 is 20.9 Å². The normalized spacial score (nSPS) is 18.4. The minimum atomic E-state index is -0.837. The summed E-state index contributed by atoms with van der Waals surface area (Å²) in [6.45, 7) is 4.56. The summed E-state index contributed by atoms with van der Waals surface area (Å²) in [6.07, 6.45) is 2.84. The lowest BCUT2D eigenvalue weighted by Gasteiger charge is -2.43. The maximum Gasteiger partial charge on any atom is 0.408 e. The molecule has 3 unspecified atom stereocenters. The number of esters is 1. The summed E-state index contributed by atoms with van der Waals surface area (Å²) in [7, 11) is 0. The number of fused-ring (bicyclic) bond motifs is 4. The van der Waals surface area contributed by atoms with Gasteiger partial charge in [0.2, 0.25) is 5.56 Å². The number of carbonyl (C=O) groups is 2. The number of phenols is 1. The first-order valence-electron chi connectivity index (χ1n) is 19.8. The molecular weight excluding hydrogens is 725 g/mol. The molecule has 2 bridgehead atoms. The molecule has 12 nitrogen and oxygen atoms in total. The summed E-state index contributed by atoms with van der Waals surface area (Å²) < 4.78 is 17.6. The minimum absolute atomic E-state index is 0.0521. The second-order valence-corrected chi connectivity index (χ2v) is 14.8.